The highest BCUT2D eigenvalue weighted by molar-refractivity contribution is 5.70. The molecule has 4 fully saturated rings. The van der Waals surface area contributed by atoms with E-state index in [-0.39, 0.29) is 42.5 Å². The fourth-order valence-electron chi connectivity index (χ4n) is 7.07. The Morgan fingerprint density at radius 3 is 2.61 bits per heavy atom. The van der Waals surface area contributed by atoms with Gasteiger partial charge in [0.25, 0.3) is 0 Å². The maximum absolute atomic E-state index is 12.8. The predicted octanol–water partition coefficient (Wildman–Crippen LogP) is 4.07. The van der Waals surface area contributed by atoms with E-state index in [1.54, 1.807) is 19.1 Å². The first-order chi connectivity index (χ1) is 20.9. The first-order valence-electron chi connectivity index (χ1n) is 17.0. The number of hydrogen-bond donors (Lipinski definition) is 4. The van der Waals surface area contributed by atoms with Gasteiger partial charge in [-0.05, 0) is 76.5 Å². The number of hydrogen-bond acceptors (Lipinski definition) is 9. The summed E-state index contributed by atoms with van der Waals surface area (Å²) in [5.41, 5.74) is 3.15. The van der Waals surface area contributed by atoms with Crippen molar-refractivity contribution in [1.82, 2.24) is 10.4 Å². The van der Waals surface area contributed by atoms with E-state index in [2.05, 4.69) is 29.5 Å². The molecule has 0 aromatic rings. The van der Waals surface area contributed by atoms with Gasteiger partial charge in [-0.2, -0.15) is 5.48 Å². The molecule has 0 aliphatic carbocycles. The van der Waals surface area contributed by atoms with Crippen LogP contribution in [0.2, 0.25) is 0 Å². The topological polar surface area (TPSA) is 124 Å². The smallest absolute Gasteiger partial charge is 0.309 e. The van der Waals surface area contributed by atoms with Gasteiger partial charge in [0.15, 0.2) is 0 Å². The number of cyclic esters (lactones) is 1. The highest BCUT2D eigenvalue weighted by atomic mass is 16.7. The number of epoxide rings is 1. The molecule has 5 rings (SSSR count). The van der Waals surface area contributed by atoms with Crippen LogP contribution in [-0.2, 0) is 19.1 Å². The largest absolute Gasteiger partial charge is 0.457 e. The molecule has 9 nitrogen and oxygen atoms in total. The van der Waals surface area contributed by atoms with Crippen molar-refractivity contribution in [2.75, 3.05) is 19.6 Å². The van der Waals surface area contributed by atoms with Gasteiger partial charge in [-0.15, -0.1) is 0 Å². The Balaban J connectivity index is 1.40. The minimum absolute atomic E-state index is 0.0277. The molecule has 5 aliphatic rings. The van der Waals surface area contributed by atoms with E-state index in [4.69, 9.17) is 14.3 Å². The van der Waals surface area contributed by atoms with Crippen LogP contribution in [0, 0.1) is 23.7 Å². The van der Waals surface area contributed by atoms with Gasteiger partial charge in [-0.25, -0.2) is 0 Å². The molecule has 0 saturated carbocycles. The second-order valence-electron chi connectivity index (χ2n) is 14.3. The van der Waals surface area contributed by atoms with Crippen molar-refractivity contribution in [3.63, 3.8) is 0 Å². The summed E-state index contributed by atoms with van der Waals surface area (Å²) in [4.78, 5) is 21.7. The lowest BCUT2D eigenvalue weighted by atomic mass is 9.84. The van der Waals surface area contributed by atoms with Crippen molar-refractivity contribution in [3.05, 3.63) is 36.0 Å². The van der Waals surface area contributed by atoms with Crippen LogP contribution in [-0.4, -0.2) is 94.1 Å². The fourth-order valence-corrected chi connectivity index (χ4v) is 7.07. The van der Waals surface area contributed by atoms with Gasteiger partial charge in [0.1, 0.15) is 6.10 Å². The third-order valence-electron chi connectivity index (χ3n) is 10.3. The molecule has 4 N–H and O–H groups in total. The zero-order valence-electron chi connectivity index (χ0n) is 27.7. The SMILES string of the molecule is CCC(O)C(C)C1OC1CC(C)(O)/C=C/C=C(\C)C1OC(=O)CC(O)CCC(C)C(ONC2CN3CCC2CC3)/C=C/C1C. The molecule has 0 amide bonds. The Hall–Kier alpha value is -1.59. The molecule has 4 saturated heterocycles. The quantitative estimate of drug-likeness (QED) is 0.0892. The molecular weight excluding hydrogens is 560 g/mol. The van der Waals surface area contributed by atoms with Gasteiger partial charge in [0.05, 0.1) is 42.5 Å². The average Bonchev–Trinajstić information content (AvgIpc) is 3.75. The van der Waals surface area contributed by atoms with Crippen molar-refractivity contribution in [1.29, 1.82) is 0 Å². The third-order valence-corrected chi connectivity index (χ3v) is 10.3. The number of rotatable bonds is 11. The molecule has 0 aromatic carbocycles. The summed E-state index contributed by atoms with van der Waals surface area (Å²) >= 11 is 0. The summed E-state index contributed by atoms with van der Waals surface area (Å²) in [7, 11) is 0. The van der Waals surface area contributed by atoms with Crippen molar-refractivity contribution < 1.29 is 34.4 Å². The molecule has 11 atom stereocenters. The van der Waals surface area contributed by atoms with Gasteiger partial charge in [0.2, 0.25) is 0 Å². The highest BCUT2D eigenvalue weighted by Gasteiger charge is 2.47. The standard InChI is InChI=1S/C35H58N2O7/c1-7-29(39)25(5)34-31(42-34)20-35(6,41)16-8-9-23(3)33-24(4)11-13-30(22(2)10-12-27(38)19-32(40)43-33)44-36-28-21-37-17-14-26(28)15-18-37/h8-9,11,13,16,22,24-31,33-34,36,38-39,41H,7,10,12,14-15,17-21H2,1-6H3/b13-11+,16-8+,23-9+. The summed E-state index contributed by atoms with van der Waals surface area (Å²) in [5, 5.41) is 31.7. The number of aliphatic hydroxyl groups excluding tert-OH is 2. The van der Waals surface area contributed by atoms with Gasteiger partial charge in [-0.1, -0.05) is 58.1 Å². The number of aliphatic hydroxyl groups is 3. The molecule has 11 unspecified atom stereocenters. The lowest BCUT2D eigenvalue weighted by Gasteiger charge is -2.45. The number of ether oxygens (including phenoxy) is 2. The Kier molecular flexibility index (Phi) is 12.7. The number of allylic oxidation sites excluding steroid dienone is 2. The van der Waals surface area contributed by atoms with E-state index in [0.29, 0.717) is 31.2 Å². The molecular formula is C35H58N2O7. The van der Waals surface area contributed by atoms with E-state index in [1.807, 2.05) is 33.8 Å². The summed E-state index contributed by atoms with van der Waals surface area (Å²) in [6, 6.07) is 0.328. The number of carbonyl (C=O) groups is 1. The lowest BCUT2D eigenvalue weighted by molar-refractivity contribution is -0.151. The van der Waals surface area contributed by atoms with Crippen LogP contribution >= 0.6 is 0 Å². The van der Waals surface area contributed by atoms with Crippen LogP contribution in [0.15, 0.2) is 36.0 Å². The van der Waals surface area contributed by atoms with Crippen LogP contribution in [0.25, 0.3) is 0 Å². The second-order valence-corrected chi connectivity index (χ2v) is 14.3. The van der Waals surface area contributed by atoms with Crippen LogP contribution in [0.3, 0.4) is 0 Å². The van der Waals surface area contributed by atoms with Gasteiger partial charge >= 0.3 is 5.97 Å². The number of piperidine rings is 3. The van der Waals surface area contributed by atoms with Crippen LogP contribution in [0.5, 0.6) is 0 Å². The molecule has 2 bridgehead atoms. The summed E-state index contributed by atoms with van der Waals surface area (Å²) in [5.74, 6) is 0.271. The molecule has 0 spiro atoms. The van der Waals surface area contributed by atoms with Crippen molar-refractivity contribution in [2.24, 2.45) is 23.7 Å². The molecule has 250 valence electrons. The number of nitrogens with zero attached hydrogens (tertiary/aromatic N) is 1. The van der Waals surface area contributed by atoms with Gasteiger partial charge in [0, 0.05) is 30.8 Å². The summed E-state index contributed by atoms with van der Waals surface area (Å²) < 4.78 is 11.7. The van der Waals surface area contributed by atoms with E-state index in [0.717, 1.165) is 18.5 Å². The first-order valence-corrected chi connectivity index (χ1v) is 17.0. The highest BCUT2D eigenvalue weighted by Crippen LogP contribution is 2.37. The van der Waals surface area contributed by atoms with Crippen LogP contribution in [0.1, 0.15) is 86.5 Å². The Bertz CT molecular complexity index is 1020. The number of esters is 1. The third kappa shape index (κ3) is 9.95. The first kappa shape index (κ1) is 35.3. The minimum atomic E-state index is -1.09. The maximum Gasteiger partial charge on any atom is 0.309 e. The minimum Gasteiger partial charge on any atom is -0.457 e. The molecule has 0 radical (unpaired) electrons. The Morgan fingerprint density at radius 1 is 1.23 bits per heavy atom. The molecule has 5 heterocycles. The molecule has 5 aliphatic heterocycles. The zero-order chi connectivity index (χ0) is 32.0. The lowest BCUT2D eigenvalue weighted by Crippen LogP contribution is -2.56. The van der Waals surface area contributed by atoms with Crippen LogP contribution < -0.4 is 5.48 Å². The van der Waals surface area contributed by atoms with Gasteiger partial charge < -0.3 is 29.7 Å². The van der Waals surface area contributed by atoms with E-state index < -0.39 is 29.9 Å². The van der Waals surface area contributed by atoms with Gasteiger partial charge in [-0.3, -0.25) is 9.63 Å². The Labute approximate surface area is 264 Å². The maximum atomic E-state index is 12.8. The van der Waals surface area contributed by atoms with Crippen molar-refractivity contribution in [2.45, 2.75) is 135 Å². The second kappa shape index (κ2) is 15.8. The fraction of sp³-hybridized carbons (Fsp3) is 0.800. The van der Waals surface area contributed by atoms with Crippen molar-refractivity contribution >= 4 is 5.97 Å². The monoisotopic (exact) mass is 618 g/mol. The van der Waals surface area contributed by atoms with Crippen LogP contribution in [0.4, 0.5) is 0 Å². The molecule has 9 heteroatoms. The van der Waals surface area contributed by atoms with E-state index in [9.17, 15) is 20.1 Å². The molecule has 44 heavy (non-hydrogen) atoms. The number of carbonyl (C=O) groups excluding carboxylic acids is 1. The number of hydroxylamine groups is 1. The summed E-state index contributed by atoms with van der Waals surface area (Å²) in [6.45, 7) is 15.1. The van der Waals surface area contributed by atoms with E-state index >= 15 is 0 Å². The zero-order valence-corrected chi connectivity index (χ0v) is 27.7. The Morgan fingerprint density at radius 2 is 1.95 bits per heavy atom. The number of nitrogens with one attached hydrogen (secondary N) is 1. The predicted molar refractivity (Wildman–Crippen MR) is 170 cm³/mol. The number of fused-ring (bicyclic) bond motifs is 3. The average molecular weight is 619 g/mol. The molecule has 0 aromatic heterocycles. The normalized spacial score (nSPS) is 40.4. The van der Waals surface area contributed by atoms with Crippen molar-refractivity contribution in [3.8, 4) is 0 Å². The van der Waals surface area contributed by atoms with E-state index in [1.165, 1.54) is 25.9 Å². The summed E-state index contributed by atoms with van der Waals surface area (Å²) in [6.07, 6.45) is 12.3.